The second-order valence-electron chi connectivity index (χ2n) is 5.97. The van der Waals surface area contributed by atoms with E-state index in [1.807, 2.05) is 11.9 Å². The van der Waals surface area contributed by atoms with Crippen molar-refractivity contribution in [2.75, 3.05) is 14.2 Å². The van der Waals surface area contributed by atoms with Gasteiger partial charge in [-0.15, -0.1) is 0 Å². The Morgan fingerprint density at radius 3 is 2.26 bits per heavy atom. The molecule has 0 aromatic carbocycles. The van der Waals surface area contributed by atoms with E-state index in [-0.39, 0.29) is 17.8 Å². The van der Waals surface area contributed by atoms with Crippen LogP contribution in [0.5, 0.6) is 0 Å². The van der Waals surface area contributed by atoms with Gasteiger partial charge >= 0.3 is 5.97 Å². The molecule has 1 amide bonds. The summed E-state index contributed by atoms with van der Waals surface area (Å²) in [4.78, 5) is 25.4. The maximum absolute atomic E-state index is 12.1. The first-order chi connectivity index (χ1) is 8.95. The number of rotatable bonds is 5. The molecule has 1 fully saturated rings. The maximum atomic E-state index is 12.1. The van der Waals surface area contributed by atoms with Crippen molar-refractivity contribution in [1.29, 1.82) is 0 Å². The lowest BCUT2D eigenvalue weighted by Gasteiger charge is -2.34. The molecule has 0 radical (unpaired) electrons. The lowest BCUT2D eigenvalue weighted by atomic mass is 9.85. The Balaban J connectivity index is 2.37. The molecule has 0 aromatic rings. The number of esters is 1. The molecule has 1 rings (SSSR count). The maximum Gasteiger partial charge on any atom is 0.308 e. The van der Waals surface area contributed by atoms with Crippen LogP contribution in [0.4, 0.5) is 0 Å². The number of hydrogen-bond donors (Lipinski definition) is 0. The van der Waals surface area contributed by atoms with E-state index in [4.69, 9.17) is 4.74 Å². The fourth-order valence-electron chi connectivity index (χ4n) is 2.66. The average molecular weight is 269 g/mol. The first-order valence-corrected chi connectivity index (χ1v) is 7.29. The Kier molecular flexibility index (Phi) is 6.32. The van der Waals surface area contributed by atoms with E-state index in [9.17, 15) is 9.59 Å². The van der Waals surface area contributed by atoms with Crippen LogP contribution in [0.2, 0.25) is 0 Å². The highest BCUT2D eigenvalue weighted by molar-refractivity contribution is 5.76. The van der Waals surface area contributed by atoms with E-state index in [1.165, 1.54) is 7.11 Å². The lowest BCUT2D eigenvalue weighted by Crippen LogP contribution is -2.40. The minimum absolute atomic E-state index is 0.0282. The van der Waals surface area contributed by atoms with Crippen molar-refractivity contribution in [3.05, 3.63) is 0 Å². The van der Waals surface area contributed by atoms with Gasteiger partial charge < -0.3 is 9.64 Å². The van der Waals surface area contributed by atoms with Gasteiger partial charge in [-0.2, -0.15) is 0 Å². The summed E-state index contributed by atoms with van der Waals surface area (Å²) in [6, 6.07) is 0.292. The van der Waals surface area contributed by atoms with Crippen LogP contribution in [0.1, 0.15) is 52.4 Å². The highest BCUT2D eigenvalue weighted by Gasteiger charge is 2.30. The highest BCUT2D eigenvalue weighted by atomic mass is 16.5. The zero-order chi connectivity index (χ0) is 14.4. The molecule has 0 atom stereocenters. The van der Waals surface area contributed by atoms with Crippen molar-refractivity contribution >= 4 is 11.9 Å². The first-order valence-electron chi connectivity index (χ1n) is 7.29. The van der Waals surface area contributed by atoms with E-state index < -0.39 is 0 Å². The number of nitrogens with zero attached hydrogens (tertiary/aromatic N) is 1. The Hall–Kier alpha value is -1.06. The SMILES string of the molecule is COC(=O)C1CCC(N(C)C(=O)CCC(C)C)CC1. The average Bonchev–Trinajstić information content (AvgIpc) is 2.43. The molecule has 0 aliphatic heterocycles. The largest absolute Gasteiger partial charge is 0.469 e. The van der Waals surface area contributed by atoms with E-state index in [1.54, 1.807) is 0 Å². The van der Waals surface area contributed by atoms with Crippen LogP contribution >= 0.6 is 0 Å². The summed E-state index contributed by atoms with van der Waals surface area (Å²) in [5, 5.41) is 0. The fraction of sp³-hybridized carbons (Fsp3) is 0.867. The van der Waals surface area contributed by atoms with Crippen molar-refractivity contribution in [2.45, 2.75) is 58.4 Å². The summed E-state index contributed by atoms with van der Waals surface area (Å²) < 4.78 is 4.78. The van der Waals surface area contributed by atoms with Crippen LogP contribution in [0.25, 0.3) is 0 Å². The van der Waals surface area contributed by atoms with Crippen LogP contribution in [-0.4, -0.2) is 37.0 Å². The van der Waals surface area contributed by atoms with Crippen LogP contribution in [0.3, 0.4) is 0 Å². The van der Waals surface area contributed by atoms with Gasteiger partial charge in [-0.05, 0) is 38.0 Å². The second-order valence-corrected chi connectivity index (χ2v) is 5.97. The molecule has 4 heteroatoms. The van der Waals surface area contributed by atoms with Crippen molar-refractivity contribution < 1.29 is 14.3 Å². The van der Waals surface area contributed by atoms with Gasteiger partial charge in [-0.3, -0.25) is 9.59 Å². The van der Waals surface area contributed by atoms with Crippen molar-refractivity contribution in [3.63, 3.8) is 0 Å². The normalized spacial score (nSPS) is 23.2. The summed E-state index contributed by atoms with van der Waals surface area (Å²) in [5.74, 6) is 0.718. The molecule has 1 saturated carbocycles. The molecular formula is C15H27NO3. The third-order valence-corrected chi connectivity index (χ3v) is 4.11. The number of hydrogen-bond acceptors (Lipinski definition) is 3. The summed E-state index contributed by atoms with van der Waals surface area (Å²) in [5.41, 5.74) is 0. The number of ether oxygens (including phenoxy) is 1. The minimum Gasteiger partial charge on any atom is -0.469 e. The third kappa shape index (κ3) is 4.84. The monoisotopic (exact) mass is 269 g/mol. The molecule has 1 aliphatic rings. The first kappa shape index (κ1) is 16.0. The molecule has 0 aromatic heterocycles. The quantitative estimate of drug-likeness (QED) is 0.721. The number of carbonyl (C=O) groups is 2. The van der Waals surface area contributed by atoms with E-state index >= 15 is 0 Å². The second kappa shape index (κ2) is 7.51. The molecule has 0 N–H and O–H groups in total. The van der Waals surface area contributed by atoms with Gasteiger partial charge in [0.15, 0.2) is 0 Å². The Labute approximate surface area is 116 Å². The van der Waals surface area contributed by atoms with Crippen molar-refractivity contribution in [1.82, 2.24) is 4.90 Å². The molecule has 110 valence electrons. The van der Waals surface area contributed by atoms with Gasteiger partial charge in [0, 0.05) is 19.5 Å². The van der Waals surface area contributed by atoms with Gasteiger partial charge in [0.25, 0.3) is 0 Å². The summed E-state index contributed by atoms with van der Waals surface area (Å²) in [6.45, 7) is 4.27. The Bertz CT molecular complexity index is 307. The number of methoxy groups -OCH3 is 1. The molecule has 0 heterocycles. The predicted molar refractivity (Wildman–Crippen MR) is 74.6 cm³/mol. The van der Waals surface area contributed by atoms with Gasteiger partial charge in [0.1, 0.15) is 0 Å². The van der Waals surface area contributed by atoms with Gasteiger partial charge in [0.05, 0.1) is 13.0 Å². The summed E-state index contributed by atoms with van der Waals surface area (Å²) in [6.07, 6.45) is 5.05. The molecule has 0 unspecified atom stereocenters. The van der Waals surface area contributed by atoms with Gasteiger partial charge in [0.2, 0.25) is 5.91 Å². The smallest absolute Gasteiger partial charge is 0.308 e. The predicted octanol–water partition coefficient (Wildman–Crippen LogP) is 2.61. The van der Waals surface area contributed by atoms with E-state index in [0.29, 0.717) is 18.4 Å². The lowest BCUT2D eigenvalue weighted by molar-refractivity contribution is -0.147. The van der Waals surface area contributed by atoms with Crippen LogP contribution in [0.15, 0.2) is 0 Å². The highest BCUT2D eigenvalue weighted by Crippen LogP contribution is 2.28. The van der Waals surface area contributed by atoms with Crippen LogP contribution in [0, 0.1) is 11.8 Å². The van der Waals surface area contributed by atoms with Crippen molar-refractivity contribution in [2.24, 2.45) is 11.8 Å². The number of amides is 1. The molecular weight excluding hydrogens is 242 g/mol. The Morgan fingerprint density at radius 1 is 1.21 bits per heavy atom. The minimum atomic E-state index is -0.104. The third-order valence-electron chi connectivity index (χ3n) is 4.11. The van der Waals surface area contributed by atoms with Crippen LogP contribution < -0.4 is 0 Å². The zero-order valence-electron chi connectivity index (χ0n) is 12.6. The topological polar surface area (TPSA) is 46.6 Å². The van der Waals surface area contributed by atoms with Crippen LogP contribution in [-0.2, 0) is 14.3 Å². The molecule has 0 bridgehead atoms. The number of carbonyl (C=O) groups excluding carboxylic acids is 2. The molecule has 19 heavy (non-hydrogen) atoms. The molecule has 0 saturated heterocycles. The van der Waals surface area contributed by atoms with Gasteiger partial charge in [-0.25, -0.2) is 0 Å². The zero-order valence-corrected chi connectivity index (χ0v) is 12.6. The standard InChI is InChI=1S/C15H27NO3/c1-11(2)5-10-14(17)16(3)13-8-6-12(7-9-13)15(18)19-4/h11-13H,5-10H2,1-4H3. The fourth-order valence-corrected chi connectivity index (χ4v) is 2.66. The molecule has 1 aliphatic carbocycles. The van der Waals surface area contributed by atoms with E-state index in [2.05, 4.69) is 13.8 Å². The summed E-state index contributed by atoms with van der Waals surface area (Å²) >= 11 is 0. The molecule has 4 nitrogen and oxygen atoms in total. The van der Waals surface area contributed by atoms with E-state index in [0.717, 1.165) is 32.1 Å². The molecule has 0 spiro atoms. The van der Waals surface area contributed by atoms with Crippen molar-refractivity contribution in [3.8, 4) is 0 Å². The van der Waals surface area contributed by atoms with Gasteiger partial charge in [-0.1, -0.05) is 13.8 Å². The Morgan fingerprint density at radius 2 is 1.79 bits per heavy atom. The summed E-state index contributed by atoms with van der Waals surface area (Å²) in [7, 11) is 3.34.